The van der Waals surface area contributed by atoms with Gasteiger partial charge in [-0.2, -0.15) is 0 Å². The summed E-state index contributed by atoms with van der Waals surface area (Å²) < 4.78 is 10.8. The summed E-state index contributed by atoms with van der Waals surface area (Å²) >= 11 is 0. The van der Waals surface area contributed by atoms with E-state index < -0.39 is 0 Å². The first kappa shape index (κ1) is 22.3. The van der Waals surface area contributed by atoms with Crippen LogP contribution in [0, 0.1) is 0 Å². The molecule has 6 nitrogen and oxygen atoms in total. The predicted molar refractivity (Wildman–Crippen MR) is 124 cm³/mol. The average molecular weight is 496 g/mol. The molecule has 2 N–H and O–H groups in total. The van der Waals surface area contributed by atoms with Gasteiger partial charge in [-0.1, -0.05) is 36.4 Å². The highest BCUT2D eigenvalue weighted by molar-refractivity contribution is 14.0. The Bertz CT molecular complexity index is 755. The van der Waals surface area contributed by atoms with Crippen LogP contribution in [0.25, 0.3) is 0 Å². The van der Waals surface area contributed by atoms with E-state index in [0.717, 1.165) is 50.1 Å². The summed E-state index contributed by atoms with van der Waals surface area (Å²) in [4.78, 5) is 6.58. The molecular formula is C21H29IN4O2. The maximum absolute atomic E-state index is 5.42. The third-order valence-electron chi connectivity index (χ3n) is 4.45. The standard InChI is InChI=1S/C21H28N4O2.HI/c1-22-21(24-12-13-25(2)15-18-6-4-3-5-7-18)23-11-10-17-8-9-19-20(14-17)27-16-26-19;/h3-9,14H,10-13,15-16H2,1-2H3,(H2,22,23,24);1H. The molecule has 0 saturated heterocycles. The lowest BCUT2D eigenvalue weighted by Gasteiger charge is -2.18. The highest BCUT2D eigenvalue weighted by Crippen LogP contribution is 2.32. The van der Waals surface area contributed by atoms with Crippen LogP contribution in [0.3, 0.4) is 0 Å². The highest BCUT2D eigenvalue weighted by atomic mass is 127. The monoisotopic (exact) mass is 496 g/mol. The number of nitrogens with zero attached hydrogens (tertiary/aromatic N) is 2. The second kappa shape index (κ2) is 11.8. The van der Waals surface area contributed by atoms with E-state index in [2.05, 4.69) is 57.9 Å². The summed E-state index contributed by atoms with van der Waals surface area (Å²) in [6, 6.07) is 16.6. The number of likely N-dealkylation sites (N-methyl/N-ethyl adjacent to an activating group) is 1. The van der Waals surface area contributed by atoms with E-state index in [9.17, 15) is 0 Å². The van der Waals surface area contributed by atoms with Crippen LogP contribution in [0.1, 0.15) is 11.1 Å². The summed E-state index contributed by atoms with van der Waals surface area (Å²) in [6.45, 7) is 3.84. The molecule has 0 amide bonds. The van der Waals surface area contributed by atoms with Crippen LogP contribution in [0.5, 0.6) is 11.5 Å². The van der Waals surface area contributed by atoms with Crippen molar-refractivity contribution in [1.29, 1.82) is 0 Å². The number of rotatable bonds is 8. The first-order chi connectivity index (χ1) is 13.2. The number of nitrogens with one attached hydrogen (secondary N) is 2. The molecule has 1 aliphatic rings. The van der Waals surface area contributed by atoms with E-state index in [1.165, 1.54) is 11.1 Å². The van der Waals surface area contributed by atoms with Gasteiger partial charge in [0.05, 0.1) is 0 Å². The Balaban J connectivity index is 0.00000280. The van der Waals surface area contributed by atoms with Crippen LogP contribution in [0.2, 0.25) is 0 Å². The van der Waals surface area contributed by atoms with Gasteiger partial charge in [-0.05, 0) is 36.7 Å². The quantitative estimate of drug-likeness (QED) is 0.335. The number of hydrogen-bond donors (Lipinski definition) is 2. The van der Waals surface area contributed by atoms with E-state index in [-0.39, 0.29) is 24.0 Å². The molecule has 0 spiro atoms. The predicted octanol–water partition coefficient (Wildman–Crippen LogP) is 2.87. The Morgan fingerprint density at radius 3 is 2.54 bits per heavy atom. The molecule has 0 aromatic heterocycles. The lowest BCUT2D eigenvalue weighted by Crippen LogP contribution is -2.41. The first-order valence-corrected chi connectivity index (χ1v) is 9.30. The van der Waals surface area contributed by atoms with Gasteiger partial charge in [0.1, 0.15) is 0 Å². The second-order valence-electron chi connectivity index (χ2n) is 6.59. The van der Waals surface area contributed by atoms with Gasteiger partial charge in [0.15, 0.2) is 17.5 Å². The SMILES string of the molecule is CN=C(NCCc1ccc2c(c1)OCO2)NCCN(C)Cc1ccccc1.I. The minimum atomic E-state index is 0. The molecule has 7 heteroatoms. The number of halogens is 1. The van der Waals surface area contributed by atoms with Gasteiger partial charge in [0.2, 0.25) is 6.79 Å². The number of aliphatic imine (C=N–C) groups is 1. The number of hydrogen-bond acceptors (Lipinski definition) is 4. The number of fused-ring (bicyclic) bond motifs is 1. The number of benzene rings is 2. The normalized spacial score (nSPS) is 12.6. The lowest BCUT2D eigenvalue weighted by molar-refractivity contribution is 0.174. The lowest BCUT2D eigenvalue weighted by atomic mass is 10.1. The molecule has 0 radical (unpaired) electrons. The molecule has 1 aliphatic heterocycles. The Morgan fingerprint density at radius 2 is 1.75 bits per heavy atom. The summed E-state index contributed by atoms with van der Waals surface area (Å²) in [7, 11) is 3.92. The van der Waals surface area contributed by atoms with Crippen LogP contribution >= 0.6 is 24.0 Å². The van der Waals surface area contributed by atoms with Crippen LogP contribution in [-0.4, -0.2) is 51.4 Å². The maximum Gasteiger partial charge on any atom is 0.231 e. The van der Waals surface area contributed by atoms with Crippen molar-refractivity contribution < 1.29 is 9.47 Å². The fourth-order valence-corrected chi connectivity index (χ4v) is 2.98. The molecule has 3 rings (SSSR count). The third kappa shape index (κ3) is 6.87. The second-order valence-corrected chi connectivity index (χ2v) is 6.59. The van der Waals surface area contributed by atoms with Crippen molar-refractivity contribution in [3.8, 4) is 11.5 Å². The topological polar surface area (TPSA) is 58.1 Å². The minimum absolute atomic E-state index is 0. The third-order valence-corrected chi connectivity index (χ3v) is 4.45. The van der Waals surface area contributed by atoms with Crippen LogP contribution in [-0.2, 0) is 13.0 Å². The molecule has 2 aromatic rings. The van der Waals surface area contributed by atoms with Gasteiger partial charge in [-0.25, -0.2) is 0 Å². The van der Waals surface area contributed by atoms with Crippen LogP contribution in [0.4, 0.5) is 0 Å². The molecule has 0 atom stereocenters. The van der Waals surface area contributed by atoms with Gasteiger partial charge in [-0.15, -0.1) is 24.0 Å². The zero-order chi connectivity index (χ0) is 18.9. The van der Waals surface area contributed by atoms with Crippen molar-refractivity contribution >= 4 is 29.9 Å². The van der Waals surface area contributed by atoms with Gasteiger partial charge < -0.3 is 25.0 Å². The van der Waals surface area contributed by atoms with E-state index in [1.54, 1.807) is 7.05 Å². The number of ether oxygens (including phenoxy) is 2. The summed E-state index contributed by atoms with van der Waals surface area (Å²) in [5.74, 6) is 2.48. The average Bonchev–Trinajstić information content (AvgIpc) is 3.15. The summed E-state index contributed by atoms with van der Waals surface area (Å²) in [5, 5.41) is 6.72. The van der Waals surface area contributed by atoms with E-state index >= 15 is 0 Å². The van der Waals surface area contributed by atoms with Gasteiger partial charge >= 0.3 is 0 Å². The fourth-order valence-electron chi connectivity index (χ4n) is 2.98. The molecule has 2 aromatic carbocycles. The summed E-state index contributed by atoms with van der Waals surface area (Å²) in [6.07, 6.45) is 0.894. The molecule has 0 bridgehead atoms. The van der Waals surface area contributed by atoms with Crippen molar-refractivity contribution in [2.75, 3.05) is 40.5 Å². The zero-order valence-corrected chi connectivity index (χ0v) is 18.8. The van der Waals surface area contributed by atoms with E-state index in [0.29, 0.717) is 6.79 Å². The van der Waals surface area contributed by atoms with Crippen molar-refractivity contribution in [2.45, 2.75) is 13.0 Å². The Kier molecular flexibility index (Phi) is 9.36. The van der Waals surface area contributed by atoms with Crippen molar-refractivity contribution in [3.05, 3.63) is 59.7 Å². The van der Waals surface area contributed by atoms with Gasteiger partial charge in [0, 0.05) is 33.2 Å². The first-order valence-electron chi connectivity index (χ1n) is 9.30. The molecule has 0 fully saturated rings. The molecule has 152 valence electrons. The van der Waals surface area contributed by atoms with Crippen molar-refractivity contribution in [1.82, 2.24) is 15.5 Å². The fraction of sp³-hybridized carbons (Fsp3) is 0.381. The zero-order valence-electron chi connectivity index (χ0n) is 16.5. The van der Waals surface area contributed by atoms with E-state index in [4.69, 9.17) is 9.47 Å². The van der Waals surface area contributed by atoms with Gasteiger partial charge in [-0.3, -0.25) is 4.99 Å². The Labute approximate surface area is 184 Å². The van der Waals surface area contributed by atoms with Crippen molar-refractivity contribution in [3.63, 3.8) is 0 Å². The molecule has 0 saturated carbocycles. The Hall–Kier alpha value is -2.00. The molecule has 0 aliphatic carbocycles. The molecule has 1 heterocycles. The smallest absolute Gasteiger partial charge is 0.231 e. The van der Waals surface area contributed by atoms with Gasteiger partial charge in [0.25, 0.3) is 0 Å². The maximum atomic E-state index is 5.42. The van der Waals surface area contributed by atoms with Crippen molar-refractivity contribution in [2.24, 2.45) is 4.99 Å². The molecule has 28 heavy (non-hydrogen) atoms. The molecule has 0 unspecified atom stereocenters. The molecular weight excluding hydrogens is 467 g/mol. The highest BCUT2D eigenvalue weighted by Gasteiger charge is 2.12. The van der Waals surface area contributed by atoms with E-state index in [1.807, 2.05) is 18.2 Å². The summed E-state index contributed by atoms with van der Waals surface area (Å²) in [5.41, 5.74) is 2.54. The largest absolute Gasteiger partial charge is 0.454 e. The van der Waals surface area contributed by atoms with Crippen LogP contribution < -0.4 is 20.1 Å². The minimum Gasteiger partial charge on any atom is -0.454 e. The van der Waals surface area contributed by atoms with Crippen LogP contribution in [0.15, 0.2) is 53.5 Å². The number of guanidine groups is 1. The Morgan fingerprint density at radius 1 is 1.00 bits per heavy atom.